The van der Waals surface area contributed by atoms with Crippen LogP contribution < -0.4 is 5.32 Å². The van der Waals surface area contributed by atoms with E-state index in [2.05, 4.69) is 5.32 Å². The molecule has 0 radical (unpaired) electrons. The first-order chi connectivity index (χ1) is 12.9. The largest absolute Gasteiger partial charge is 0.465 e. The van der Waals surface area contributed by atoms with E-state index in [0.29, 0.717) is 5.06 Å². The number of ether oxygens (including phenoxy) is 2. The van der Waals surface area contributed by atoms with E-state index < -0.39 is 41.8 Å². The van der Waals surface area contributed by atoms with Crippen molar-refractivity contribution in [3.05, 3.63) is 0 Å². The second-order valence-corrected chi connectivity index (χ2v) is 7.96. The molecule has 1 unspecified atom stereocenters. The fraction of sp³-hybridized carbons (Fsp3) is 0.778. The highest BCUT2D eigenvalue weighted by Crippen LogP contribution is 2.18. The van der Waals surface area contributed by atoms with Gasteiger partial charge in [0.05, 0.1) is 6.61 Å². The molecule has 0 aromatic heterocycles. The van der Waals surface area contributed by atoms with Crippen molar-refractivity contribution in [2.45, 2.75) is 78.2 Å². The van der Waals surface area contributed by atoms with E-state index in [0.717, 1.165) is 0 Å². The van der Waals surface area contributed by atoms with Crippen molar-refractivity contribution in [3.63, 3.8) is 0 Å². The first-order valence-corrected chi connectivity index (χ1v) is 9.26. The Kier molecular flexibility index (Phi) is 8.67. The van der Waals surface area contributed by atoms with Gasteiger partial charge in [-0.05, 0) is 33.1 Å². The van der Waals surface area contributed by atoms with E-state index >= 15 is 0 Å². The lowest BCUT2D eigenvalue weighted by molar-refractivity contribution is -0.222. The van der Waals surface area contributed by atoms with E-state index in [1.165, 1.54) is 0 Å². The van der Waals surface area contributed by atoms with Crippen LogP contribution in [0.15, 0.2) is 0 Å². The quantitative estimate of drug-likeness (QED) is 0.580. The summed E-state index contributed by atoms with van der Waals surface area (Å²) in [4.78, 5) is 52.8. The molecule has 0 aliphatic carbocycles. The molecule has 1 rings (SSSR count). The Labute approximate surface area is 164 Å². The minimum atomic E-state index is -1.26. The Hall–Kier alpha value is -2.36. The van der Waals surface area contributed by atoms with E-state index in [-0.39, 0.29) is 38.2 Å². The molecule has 1 saturated heterocycles. The van der Waals surface area contributed by atoms with Crippen molar-refractivity contribution >= 4 is 23.9 Å². The first kappa shape index (κ1) is 23.7. The van der Waals surface area contributed by atoms with E-state index in [4.69, 9.17) is 14.3 Å². The van der Waals surface area contributed by atoms with E-state index in [1.807, 2.05) is 13.8 Å². The fourth-order valence-electron chi connectivity index (χ4n) is 2.21. The molecule has 0 spiro atoms. The molecular formula is C18H30N2O8. The molecule has 1 fully saturated rings. The Bertz CT molecular complexity index is 585. The van der Waals surface area contributed by atoms with Crippen molar-refractivity contribution in [1.29, 1.82) is 0 Å². The third-order valence-electron chi connectivity index (χ3n) is 3.51. The van der Waals surface area contributed by atoms with Crippen LogP contribution in [-0.4, -0.2) is 58.6 Å². The number of rotatable bonds is 8. The number of alkyl carbamates (subject to hydrolysis) is 1. The SMILES string of the molecule is CC(C)COC(=O)CC[C@H](NC(=O)OC(C)(C)C)C(=O)ON1C(=O)CCC1O. The van der Waals surface area contributed by atoms with Gasteiger partial charge in [-0.2, -0.15) is 0 Å². The number of hydrogen-bond donors (Lipinski definition) is 2. The summed E-state index contributed by atoms with van der Waals surface area (Å²) in [6.45, 7) is 8.97. The molecule has 1 aliphatic rings. The average Bonchev–Trinajstić information content (AvgIpc) is 2.86. The highest BCUT2D eigenvalue weighted by atomic mass is 16.7. The Morgan fingerprint density at radius 2 is 1.93 bits per heavy atom. The zero-order valence-electron chi connectivity index (χ0n) is 17.0. The predicted molar refractivity (Wildman–Crippen MR) is 96.4 cm³/mol. The number of carbonyl (C=O) groups excluding carboxylic acids is 4. The lowest BCUT2D eigenvalue weighted by atomic mass is 10.1. The molecule has 0 saturated carbocycles. The summed E-state index contributed by atoms with van der Waals surface area (Å²) in [5.74, 6) is -1.91. The predicted octanol–water partition coefficient (Wildman–Crippen LogP) is 1.26. The van der Waals surface area contributed by atoms with Gasteiger partial charge in [-0.3, -0.25) is 9.59 Å². The maximum atomic E-state index is 12.4. The van der Waals surface area contributed by atoms with Crippen molar-refractivity contribution in [1.82, 2.24) is 10.4 Å². The summed E-state index contributed by atoms with van der Waals surface area (Å²) in [7, 11) is 0. The van der Waals surface area contributed by atoms with Crippen LogP contribution in [0.25, 0.3) is 0 Å². The van der Waals surface area contributed by atoms with E-state index in [9.17, 15) is 24.3 Å². The van der Waals surface area contributed by atoms with Gasteiger partial charge in [0.2, 0.25) is 0 Å². The normalized spacial score (nSPS) is 18.0. The zero-order valence-corrected chi connectivity index (χ0v) is 17.0. The summed E-state index contributed by atoms with van der Waals surface area (Å²) in [6.07, 6.45) is -2.21. The molecule has 0 aromatic carbocycles. The molecule has 0 bridgehead atoms. The Balaban J connectivity index is 2.73. The summed E-state index contributed by atoms with van der Waals surface area (Å²) >= 11 is 0. The number of nitrogens with zero attached hydrogens (tertiary/aromatic N) is 1. The van der Waals surface area contributed by atoms with Gasteiger partial charge in [0, 0.05) is 19.3 Å². The van der Waals surface area contributed by atoms with Gasteiger partial charge in [0.15, 0.2) is 6.23 Å². The fourth-order valence-corrected chi connectivity index (χ4v) is 2.21. The number of amides is 2. The second-order valence-electron chi connectivity index (χ2n) is 7.96. The van der Waals surface area contributed by atoms with Crippen LogP contribution in [0.1, 0.15) is 60.3 Å². The number of hydroxylamine groups is 2. The topological polar surface area (TPSA) is 131 Å². The van der Waals surface area contributed by atoms with Gasteiger partial charge in [0.25, 0.3) is 5.91 Å². The smallest absolute Gasteiger partial charge is 0.408 e. The minimum absolute atomic E-state index is 0.0418. The highest BCUT2D eigenvalue weighted by molar-refractivity contribution is 5.84. The summed E-state index contributed by atoms with van der Waals surface area (Å²) < 4.78 is 10.2. The number of aliphatic hydroxyl groups excluding tert-OH is 1. The second kappa shape index (κ2) is 10.3. The molecule has 0 aromatic rings. The van der Waals surface area contributed by atoms with Crippen LogP contribution in [0, 0.1) is 5.92 Å². The summed E-state index contributed by atoms with van der Waals surface area (Å²) in [6, 6.07) is -1.26. The third kappa shape index (κ3) is 8.55. The van der Waals surface area contributed by atoms with Crippen LogP contribution in [-0.2, 0) is 28.7 Å². The van der Waals surface area contributed by atoms with Gasteiger partial charge in [0.1, 0.15) is 11.6 Å². The molecule has 10 nitrogen and oxygen atoms in total. The average molecular weight is 402 g/mol. The standard InChI is InChI=1S/C18H30N2O8/c1-11(2)10-26-15(23)9-6-12(19-17(25)27-18(3,4)5)16(24)28-20-13(21)7-8-14(20)22/h11-13,21H,6-10H2,1-5H3,(H,19,25)/t12-,13?/m0/s1. The van der Waals surface area contributed by atoms with Gasteiger partial charge >= 0.3 is 18.0 Å². The molecule has 10 heteroatoms. The number of carbonyl (C=O) groups is 4. The monoisotopic (exact) mass is 402 g/mol. The number of nitrogens with one attached hydrogen (secondary N) is 1. The van der Waals surface area contributed by atoms with Crippen molar-refractivity contribution in [3.8, 4) is 0 Å². The third-order valence-corrected chi connectivity index (χ3v) is 3.51. The van der Waals surface area contributed by atoms with E-state index in [1.54, 1.807) is 20.8 Å². The van der Waals surface area contributed by atoms with Gasteiger partial charge < -0.3 is 24.7 Å². The molecule has 1 aliphatic heterocycles. The van der Waals surface area contributed by atoms with Crippen LogP contribution in [0.5, 0.6) is 0 Å². The maximum Gasteiger partial charge on any atom is 0.408 e. The molecular weight excluding hydrogens is 372 g/mol. The molecule has 1 heterocycles. The highest BCUT2D eigenvalue weighted by Gasteiger charge is 2.36. The molecule has 2 atom stereocenters. The number of esters is 1. The van der Waals surface area contributed by atoms with Crippen LogP contribution in [0.4, 0.5) is 4.79 Å². The molecule has 160 valence electrons. The van der Waals surface area contributed by atoms with Crippen LogP contribution >= 0.6 is 0 Å². The Morgan fingerprint density at radius 1 is 1.29 bits per heavy atom. The molecule has 2 N–H and O–H groups in total. The van der Waals surface area contributed by atoms with Gasteiger partial charge in [-0.15, -0.1) is 5.06 Å². The maximum absolute atomic E-state index is 12.4. The summed E-state index contributed by atoms with van der Waals surface area (Å²) in [5.41, 5.74) is -0.796. The first-order valence-electron chi connectivity index (χ1n) is 9.26. The zero-order chi connectivity index (χ0) is 21.5. The molecule has 28 heavy (non-hydrogen) atoms. The summed E-state index contributed by atoms with van der Waals surface area (Å²) in [5, 5.41) is 12.6. The van der Waals surface area contributed by atoms with Gasteiger partial charge in [-0.1, -0.05) is 13.8 Å². The number of hydrogen-bond acceptors (Lipinski definition) is 8. The van der Waals surface area contributed by atoms with Crippen LogP contribution in [0.3, 0.4) is 0 Å². The Morgan fingerprint density at radius 3 is 2.43 bits per heavy atom. The molecule has 2 amide bonds. The van der Waals surface area contributed by atoms with Crippen LogP contribution in [0.2, 0.25) is 0 Å². The lowest BCUT2D eigenvalue weighted by Gasteiger charge is -2.25. The number of aliphatic hydroxyl groups is 1. The van der Waals surface area contributed by atoms with Crippen molar-refractivity contribution < 1.29 is 38.6 Å². The van der Waals surface area contributed by atoms with Crippen molar-refractivity contribution in [2.75, 3.05) is 6.61 Å². The van der Waals surface area contributed by atoms with Crippen molar-refractivity contribution in [2.24, 2.45) is 5.92 Å². The van der Waals surface area contributed by atoms with Gasteiger partial charge in [-0.25, -0.2) is 9.59 Å². The lowest BCUT2D eigenvalue weighted by Crippen LogP contribution is -2.47. The minimum Gasteiger partial charge on any atom is -0.465 e.